The molecule has 0 spiro atoms. The van der Waals surface area contributed by atoms with E-state index in [0.717, 1.165) is 44.0 Å². The van der Waals surface area contributed by atoms with Gasteiger partial charge in [-0.1, -0.05) is 6.07 Å². The number of likely N-dealkylation sites (tertiary alicyclic amines) is 1. The summed E-state index contributed by atoms with van der Waals surface area (Å²) in [6, 6.07) is 7.12. The summed E-state index contributed by atoms with van der Waals surface area (Å²) in [7, 11) is 1.98. The van der Waals surface area contributed by atoms with E-state index in [-0.39, 0.29) is 6.10 Å². The summed E-state index contributed by atoms with van der Waals surface area (Å²) in [5, 5.41) is 8.37. The van der Waals surface area contributed by atoms with Crippen LogP contribution in [0.1, 0.15) is 42.3 Å². The van der Waals surface area contributed by atoms with Crippen LogP contribution >= 0.6 is 0 Å². The zero-order valence-corrected chi connectivity index (χ0v) is 15.8. The largest absolute Gasteiger partial charge is 0.372 e. The molecule has 0 radical (unpaired) electrons. The minimum atomic E-state index is 0.134. The summed E-state index contributed by atoms with van der Waals surface area (Å²) in [5.74, 6) is 0. The van der Waals surface area contributed by atoms with Gasteiger partial charge in [-0.15, -0.1) is 0 Å². The lowest BCUT2D eigenvalue weighted by atomic mass is 9.98. The van der Waals surface area contributed by atoms with Gasteiger partial charge in [-0.3, -0.25) is 14.6 Å². The van der Waals surface area contributed by atoms with Gasteiger partial charge in [-0.05, 0) is 38.3 Å². The highest BCUT2D eigenvalue weighted by Crippen LogP contribution is 2.31. The molecule has 6 heteroatoms. The van der Waals surface area contributed by atoms with Crippen LogP contribution in [0.15, 0.2) is 30.6 Å². The molecule has 0 amide bonds. The Bertz CT molecular complexity index is 708. The van der Waals surface area contributed by atoms with Crippen LogP contribution in [0.2, 0.25) is 0 Å². The number of ether oxygens (including phenoxy) is 1. The van der Waals surface area contributed by atoms with Gasteiger partial charge in [0.15, 0.2) is 0 Å². The highest BCUT2D eigenvalue weighted by molar-refractivity contribution is 5.21. The Morgan fingerprint density at radius 1 is 1.23 bits per heavy atom. The van der Waals surface area contributed by atoms with Crippen LogP contribution in [0.25, 0.3) is 0 Å². The van der Waals surface area contributed by atoms with Gasteiger partial charge in [-0.2, -0.15) is 5.10 Å². The summed E-state index contributed by atoms with van der Waals surface area (Å²) in [6.07, 6.45) is 7.56. The van der Waals surface area contributed by atoms with Crippen molar-refractivity contribution < 1.29 is 4.74 Å². The minimum Gasteiger partial charge on any atom is -0.372 e. The Kier molecular flexibility index (Phi) is 5.33. The van der Waals surface area contributed by atoms with Gasteiger partial charge in [-0.25, -0.2) is 0 Å². The van der Waals surface area contributed by atoms with Gasteiger partial charge >= 0.3 is 0 Å². The van der Waals surface area contributed by atoms with E-state index >= 15 is 0 Å². The Labute approximate surface area is 155 Å². The third-order valence-electron chi connectivity index (χ3n) is 5.60. The second kappa shape index (κ2) is 7.86. The van der Waals surface area contributed by atoms with Crippen molar-refractivity contribution in [2.75, 3.05) is 19.7 Å². The fourth-order valence-electron chi connectivity index (χ4n) is 4.25. The molecular weight excluding hydrogens is 326 g/mol. The standard InChI is InChI=1S/C20H29N5O/c1-15-18(14-24(2)23-15)20-19(8-12-26-20)22-16-6-10-25(11-7-16)13-17-5-3-4-9-21-17/h3-5,9,14,16,19-20,22H,6-8,10-13H2,1-2H3/t19-,20+/m0/s1. The molecule has 6 nitrogen and oxygen atoms in total. The first-order valence-corrected chi connectivity index (χ1v) is 9.69. The Morgan fingerprint density at radius 3 is 2.77 bits per heavy atom. The first-order chi connectivity index (χ1) is 12.7. The Morgan fingerprint density at radius 2 is 2.08 bits per heavy atom. The predicted octanol–water partition coefficient (Wildman–Crippen LogP) is 2.21. The molecule has 0 unspecified atom stereocenters. The van der Waals surface area contributed by atoms with Crippen LogP contribution in [0.4, 0.5) is 0 Å². The summed E-state index contributed by atoms with van der Waals surface area (Å²) in [6.45, 7) is 6.10. The summed E-state index contributed by atoms with van der Waals surface area (Å²) < 4.78 is 7.94. The highest BCUT2D eigenvalue weighted by atomic mass is 16.5. The van der Waals surface area contributed by atoms with E-state index in [4.69, 9.17) is 4.74 Å². The fraction of sp³-hybridized carbons (Fsp3) is 0.600. The van der Waals surface area contributed by atoms with E-state index in [1.54, 1.807) is 0 Å². The van der Waals surface area contributed by atoms with Gasteiger partial charge in [0, 0.05) is 63.3 Å². The zero-order valence-electron chi connectivity index (χ0n) is 15.8. The molecule has 0 aliphatic carbocycles. The molecular formula is C20H29N5O. The van der Waals surface area contributed by atoms with Crippen LogP contribution < -0.4 is 5.32 Å². The molecule has 2 aliphatic rings. The topological polar surface area (TPSA) is 55.2 Å². The molecule has 140 valence electrons. The lowest BCUT2D eigenvalue weighted by Gasteiger charge is -2.34. The predicted molar refractivity (Wildman–Crippen MR) is 101 cm³/mol. The molecule has 26 heavy (non-hydrogen) atoms. The van der Waals surface area contributed by atoms with Gasteiger partial charge < -0.3 is 10.1 Å². The van der Waals surface area contributed by atoms with E-state index in [2.05, 4.69) is 45.6 Å². The smallest absolute Gasteiger partial charge is 0.101 e. The maximum atomic E-state index is 6.05. The van der Waals surface area contributed by atoms with Gasteiger partial charge in [0.2, 0.25) is 0 Å². The number of nitrogens with one attached hydrogen (secondary N) is 1. The fourth-order valence-corrected chi connectivity index (χ4v) is 4.25. The number of nitrogens with zero attached hydrogens (tertiary/aromatic N) is 4. The average molecular weight is 355 g/mol. The average Bonchev–Trinajstić information content (AvgIpc) is 3.23. The number of pyridine rings is 1. The van der Waals surface area contributed by atoms with Gasteiger partial charge in [0.05, 0.1) is 11.4 Å². The summed E-state index contributed by atoms with van der Waals surface area (Å²) in [4.78, 5) is 6.96. The van der Waals surface area contributed by atoms with Crippen LogP contribution in [0.5, 0.6) is 0 Å². The summed E-state index contributed by atoms with van der Waals surface area (Å²) in [5.41, 5.74) is 3.47. The van der Waals surface area contributed by atoms with Gasteiger partial charge in [0.1, 0.15) is 6.10 Å². The number of hydrogen-bond acceptors (Lipinski definition) is 5. The molecule has 0 bridgehead atoms. The van der Waals surface area contributed by atoms with Crippen molar-refractivity contribution in [3.63, 3.8) is 0 Å². The number of aryl methyl sites for hydroxylation is 2. The highest BCUT2D eigenvalue weighted by Gasteiger charge is 2.34. The third kappa shape index (κ3) is 3.98. The van der Waals surface area contributed by atoms with Crippen LogP contribution in [-0.2, 0) is 18.3 Å². The molecule has 1 N–H and O–H groups in total. The number of aromatic nitrogens is 3. The molecule has 2 fully saturated rings. The van der Waals surface area contributed by atoms with Crippen LogP contribution in [0, 0.1) is 6.92 Å². The second-order valence-corrected chi connectivity index (χ2v) is 7.57. The number of hydrogen-bond donors (Lipinski definition) is 1. The molecule has 4 rings (SSSR count). The lowest BCUT2D eigenvalue weighted by molar-refractivity contribution is 0.0913. The minimum absolute atomic E-state index is 0.134. The van der Waals surface area contributed by atoms with Crippen LogP contribution in [-0.4, -0.2) is 51.4 Å². The van der Waals surface area contributed by atoms with Gasteiger partial charge in [0.25, 0.3) is 0 Å². The second-order valence-electron chi connectivity index (χ2n) is 7.57. The molecule has 0 aromatic carbocycles. The maximum absolute atomic E-state index is 6.05. The van der Waals surface area contributed by atoms with Crippen molar-refractivity contribution in [1.82, 2.24) is 25.0 Å². The third-order valence-corrected chi connectivity index (χ3v) is 5.60. The first kappa shape index (κ1) is 17.6. The normalized spacial score (nSPS) is 25.0. The Hall–Kier alpha value is -1.76. The van der Waals surface area contributed by atoms with E-state index in [9.17, 15) is 0 Å². The quantitative estimate of drug-likeness (QED) is 0.891. The van der Waals surface area contributed by atoms with Crippen LogP contribution in [0.3, 0.4) is 0 Å². The number of piperidine rings is 1. The molecule has 2 aromatic heterocycles. The van der Waals surface area contributed by atoms with E-state index in [0.29, 0.717) is 12.1 Å². The van der Waals surface area contributed by atoms with Crippen molar-refractivity contribution in [2.45, 2.75) is 50.9 Å². The summed E-state index contributed by atoms with van der Waals surface area (Å²) >= 11 is 0. The van der Waals surface area contributed by atoms with Crippen molar-refractivity contribution in [2.24, 2.45) is 7.05 Å². The van der Waals surface area contributed by atoms with Crippen molar-refractivity contribution in [3.8, 4) is 0 Å². The monoisotopic (exact) mass is 355 g/mol. The maximum Gasteiger partial charge on any atom is 0.101 e. The molecule has 4 heterocycles. The zero-order chi connectivity index (χ0) is 17.9. The molecule has 2 aromatic rings. The molecule has 2 aliphatic heterocycles. The molecule has 2 saturated heterocycles. The first-order valence-electron chi connectivity index (χ1n) is 9.69. The van der Waals surface area contributed by atoms with Crippen molar-refractivity contribution in [1.29, 1.82) is 0 Å². The van der Waals surface area contributed by atoms with Crippen molar-refractivity contribution in [3.05, 3.63) is 47.5 Å². The Balaban J connectivity index is 1.30. The van der Waals surface area contributed by atoms with E-state index in [1.807, 2.05) is 24.0 Å². The van der Waals surface area contributed by atoms with E-state index < -0.39 is 0 Å². The molecule has 2 atom stereocenters. The SMILES string of the molecule is Cc1nn(C)cc1[C@H]1OCC[C@@H]1NC1CCN(Cc2ccccn2)CC1. The van der Waals surface area contributed by atoms with E-state index in [1.165, 1.54) is 18.4 Å². The van der Waals surface area contributed by atoms with Crippen molar-refractivity contribution >= 4 is 0 Å². The lowest BCUT2D eigenvalue weighted by Crippen LogP contribution is -2.46. The number of rotatable bonds is 5. The molecule has 0 saturated carbocycles.